The average molecular weight is 358 g/mol. The molecule has 0 bridgehead atoms. The number of benzene rings is 2. The maximum atomic E-state index is 12.8. The molecule has 7 heteroatoms. The molecule has 2 N–H and O–H groups in total. The Morgan fingerprint density at radius 3 is 2.31 bits per heavy atom. The summed E-state index contributed by atoms with van der Waals surface area (Å²) in [7, 11) is 0. The Kier molecular flexibility index (Phi) is 6.73. The van der Waals surface area contributed by atoms with Crippen molar-refractivity contribution in [3.63, 3.8) is 0 Å². The number of ether oxygens (including phenoxy) is 2. The van der Waals surface area contributed by atoms with Crippen molar-refractivity contribution in [2.45, 2.75) is 13.0 Å². The first-order valence-corrected chi connectivity index (χ1v) is 7.86. The number of hydrogen-bond donors (Lipinski definition) is 2. The van der Waals surface area contributed by atoms with Crippen LogP contribution in [-0.4, -0.2) is 24.5 Å². The van der Waals surface area contributed by atoms with Gasteiger partial charge < -0.3 is 9.47 Å². The third kappa shape index (κ3) is 5.62. The van der Waals surface area contributed by atoms with E-state index in [1.165, 1.54) is 31.2 Å². The molecule has 0 aliphatic rings. The Labute approximate surface area is 150 Å². The fourth-order valence-electron chi connectivity index (χ4n) is 1.92. The van der Waals surface area contributed by atoms with Gasteiger partial charge in [0.2, 0.25) is 0 Å². The van der Waals surface area contributed by atoms with Crippen LogP contribution in [0.25, 0.3) is 0 Å². The zero-order valence-corrected chi connectivity index (χ0v) is 14.2. The van der Waals surface area contributed by atoms with E-state index >= 15 is 0 Å². The summed E-state index contributed by atoms with van der Waals surface area (Å²) in [6.45, 7) is 5.43. The minimum absolute atomic E-state index is 0.343. The van der Waals surface area contributed by atoms with Gasteiger partial charge in [-0.05, 0) is 55.5 Å². The molecule has 0 aromatic heterocycles. The highest BCUT2D eigenvalue weighted by Crippen LogP contribution is 2.13. The summed E-state index contributed by atoms with van der Waals surface area (Å²) in [6, 6.07) is 11.7. The van der Waals surface area contributed by atoms with Gasteiger partial charge in [0.15, 0.2) is 6.10 Å². The van der Waals surface area contributed by atoms with Crippen LogP contribution in [0.3, 0.4) is 0 Å². The molecule has 1 atom stereocenters. The van der Waals surface area contributed by atoms with E-state index < -0.39 is 23.7 Å². The van der Waals surface area contributed by atoms with Crippen molar-refractivity contribution >= 4 is 11.8 Å². The Morgan fingerprint density at radius 2 is 1.69 bits per heavy atom. The van der Waals surface area contributed by atoms with Gasteiger partial charge in [-0.1, -0.05) is 12.7 Å². The lowest BCUT2D eigenvalue weighted by Gasteiger charge is -2.15. The van der Waals surface area contributed by atoms with Crippen LogP contribution in [0.15, 0.2) is 61.2 Å². The zero-order valence-electron chi connectivity index (χ0n) is 14.2. The van der Waals surface area contributed by atoms with Gasteiger partial charge in [0.25, 0.3) is 11.8 Å². The topological polar surface area (TPSA) is 76.7 Å². The van der Waals surface area contributed by atoms with Crippen molar-refractivity contribution in [1.82, 2.24) is 10.9 Å². The molecule has 0 fully saturated rings. The van der Waals surface area contributed by atoms with E-state index in [4.69, 9.17) is 9.47 Å². The number of carbonyl (C=O) groups excluding carboxylic acids is 2. The molecule has 0 aliphatic heterocycles. The fourth-order valence-corrected chi connectivity index (χ4v) is 1.92. The van der Waals surface area contributed by atoms with Gasteiger partial charge in [-0.3, -0.25) is 20.4 Å². The SMILES string of the molecule is C=CCOc1ccc(C(=O)NNC(=O)C(C)Oc2ccc(F)cc2)cc1. The zero-order chi connectivity index (χ0) is 18.9. The maximum absolute atomic E-state index is 12.8. The molecule has 0 radical (unpaired) electrons. The summed E-state index contributed by atoms with van der Waals surface area (Å²) in [6.07, 6.45) is 0.737. The van der Waals surface area contributed by atoms with E-state index in [9.17, 15) is 14.0 Å². The van der Waals surface area contributed by atoms with Crippen molar-refractivity contribution in [2.75, 3.05) is 6.61 Å². The second-order valence-corrected chi connectivity index (χ2v) is 5.28. The molecule has 2 aromatic rings. The maximum Gasteiger partial charge on any atom is 0.279 e. The largest absolute Gasteiger partial charge is 0.490 e. The Hall–Kier alpha value is -3.35. The van der Waals surface area contributed by atoms with Crippen LogP contribution in [0, 0.1) is 5.82 Å². The van der Waals surface area contributed by atoms with E-state index in [2.05, 4.69) is 17.4 Å². The van der Waals surface area contributed by atoms with Crippen LogP contribution >= 0.6 is 0 Å². The van der Waals surface area contributed by atoms with Gasteiger partial charge in [-0.2, -0.15) is 0 Å². The smallest absolute Gasteiger partial charge is 0.279 e. The number of amides is 2. The van der Waals surface area contributed by atoms with Crippen molar-refractivity contribution in [1.29, 1.82) is 0 Å². The van der Waals surface area contributed by atoms with Gasteiger partial charge in [-0.15, -0.1) is 0 Å². The molecular weight excluding hydrogens is 339 g/mol. The first-order chi connectivity index (χ1) is 12.5. The summed E-state index contributed by atoms with van der Waals surface area (Å²) < 4.78 is 23.5. The van der Waals surface area contributed by atoms with Crippen LogP contribution in [0.4, 0.5) is 4.39 Å². The van der Waals surface area contributed by atoms with Crippen LogP contribution in [-0.2, 0) is 4.79 Å². The summed E-state index contributed by atoms with van der Waals surface area (Å²) in [5.74, 6) is -0.485. The number of nitrogens with one attached hydrogen (secondary N) is 2. The van der Waals surface area contributed by atoms with Crippen LogP contribution < -0.4 is 20.3 Å². The molecule has 136 valence electrons. The predicted molar refractivity (Wildman–Crippen MR) is 94.2 cm³/mol. The monoisotopic (exact) mass is 358 g/mol. The summed E-state index contributed by atoms with van der Waals surface area (Å²) in [4.78, 5) is 24.0. The molecule has 0 saturated heterocycles. The van der Waals surface area contributed by atoms with E-state index in [1.807, 2.05) is 0 Å². The third-order valence-corrected chi connectivity index (χ3v) is 3.28. The summed E-state index contributed by atoms with van der Waals surface area (Å²) in [5, 5.41) is 0. The van der Waals surface area contributed by atoms with Crippen molar-refractivity contribution in [3.05, 3.63) is 72.6 Å². The van der Waals surface area contributed by atoms with E-state index in [-0.39, 0.29) is 0 Å². The number of hydrogen-bond acceptors (Lipinski definition) is 4. The van der Waals surface area contributed by atoms with Gasteiger partial charge in [0.1, 0.15) is 23.9 Å². The average Bonchev–Trinajstić information content (AvgIpc) is 2.66. The Balaban J connectivity index is 1.82. The van der Waals surface area contributed by atoms with E-state index in [1.54, 1.807) is 30.3 Å². The Bertz CT molecular complexity index is 760. The van der Waals surface area contributed by atoms with Crippen molar-refractivity contribution in [2.24, 2.45) is 0 Å². The molecule has 0 heterocycles. The van der Waals surface area contributed by atoms with Crippen molar-refractivity contribution < 1.29 is 23.5 Å². The molecule has 26 heavy (non-hydrogen) atoms. The van der Waals surface area contributed by atoms with Crippen molar-refractivity contribution in [3.8, 4) is 11.5 Å². The first-order valence-electron chi connectivity index (χ1n) is 7.86. The molecule has 0 aliphatic carbocycles. The molecule has 2 rings (SSSR count). The van der Waals surface area contributed by atoms with Gasteiger partial charge in [0, 0.05) is 5.56 Å². The van der Waals surface area contributed by atoms with E-state index in [0.717, 1.165) is 0 Å². The van der Waals surface area contributed by atoms with E-state index in [0.29, 0.717) is 23.7 Å². The highest BCUT2D eigenvalue weighted by molar-refractivity contribution is 5.95. The quantitative estimate of drug-likeness (QED) is 0.589. The lowest BCUT2D eigenvalue weighted by Crippen LogP contribution is -2.47. The molecular formula is C19H19FN2O4. The number of rotatable bonds is 7. The van der Waals surface area contributed by atoms with Crippen LogP contribution in [0.2, 0.25) is 0 Å². The number of hydrazine groups is 1. The lowest BCUT2D eigenvalue weighted by atomic mass is 10.2. The van der Waals surface area contributed by atoms with Crippen LogP contribution in [0.5, 0.6) is 11.5 Å². The molecule has 2 amide bonds. The minimum atomic E-state index is -0.879. The summed E-state index contributed by atoms with van der Waals surface area (Å²) >= 11 is 0. The number of carbonyl (C=O) groups is 2. The van der Waals surface area contributed by atoms with Gasteiger partial charge in [-0.25, -0.2) is 4.39 Å². The highest BCUT2D eigenvalue weighted by Gasteiger charge is 2.16. The second kappa shape index (κ2) is 9.22. The lowest BCUT2D eigenvalue weighted by molar-refractivity contribution is -0.128. The van der Waals surface area contributed by atoms with Gasteiger partial charge in [0.05, 0.1) is 0 Å². The normalized spacial score (nSPS) is 11.2. The molecule has 0 saturated carbocycles. The van der Waals surface area contributed by atoms with Crippen LogP contribution in [0.1, 0.15) is 17.3 Å². The molecule has 6 nitrogen and oxygen atoms in total. The Morgan fingerprint density at radius 1 is 1.08 bits per heavy atom. The second-order valence-electron chi connectivity index (χ2n) is 5.28. The standard InChI is InChI=1S/C19H19FN2O4/c1-3-12-25-16-8-4-14(5-9-16)19(24)22-21-18(23)13(2)26-17-10-6-15(20)7-11-17/h3-11,13H,1,12H2,2H3,(H,21,23)(H,22,24). The third-order valence-electron chi connectivity index (χ3n) is 3.28. The molecule has 2 aromatic carbocycles. The highest BCUT2D eigenvalue weighted by atomic mass is 19.1. The van der Waals surface area contributed by atoms with Gasteiger partial charge >= 0.3 is 0 Å². The fraction of sp³-hybridized carbons (Fsp3) is 0.158. The minimum Gasteiger partial charge on any atom is -0.490 e. The molecule has 0 spiro atoms. The summed E-state index contributed by atoms with van der Waals surface area (Å²) in [5.41, 5.74) is 4.93. The number of halogens is 1. The molecule has 1 unspecified atom stereocenters. The first kappa shape index (κ1) is 19.0. The predicted octanol–water partition coefficient (Wildman–Crippen LogP) is 2.62.